The highest BCUT2D eigenvalue weighted by atomic mass is 31.2. The summed E-state index contributed by atoms with van der Waals surface area (Å²) in [5.74, 6) is 1.31. The van der Waals surface area contributed by atoms with E-state index in [-0.39, 0.29) is 13.2 Å². The molecule has 94 valence electrons. The summed E-state index contributed by atoms with van der Waals surface area (Å²) in [6.07, 6.45) is 0. The Morgan fingerprint density at radius 1 is 0.941 bits per heavy atom. The lowest BCUT2D eigenvalue weighted by atomic mass is 10.3. The van der Waals surface area contributed by atoms with Crippen LogP contribution in [0.25, 0.3) is 0 Å². The lowest BCUT2D eigenvalue weighted by Gasteiger charge is -2.12. The molecular formula is C11H15O5P. The van der Waals surface area contributed by atoms with Crippen LogP contribution in [0, 0.1) is 0 Å². The molecule has 0 saturated carbocycles. The summed E-state index contributed by atoms with van der Waals surface area (Å²) in [6, 6.07) is 7.37. The fourth-order valence-corrected chi connectivity index (χ4v) is 2.32. The van der Waals surface area contributed by atoms with E-state index in [1.54, 1.807) is 0 Å². The Morgan fingerprint density at radius 2 is 1.41 bits per heavy atom. The second kappa shape index (κ2) is 5.54. The van der Waals surface area contributed by atoms with Crippen molar-refractivity contribution < 1.29 is 23.1 Å². The molecule has 6 heteroatoms. The molecule has 0 saturated heterocycles. The van der Waals surface area contributed by atoms with Crippen LogP contribution in [0.1, 0.15) is 0 Å². The number of rotatable bonds is 0. The van der Waals surface area contributed by atoms with Gasteiger partial charge in [0.2, 0.25) is 0 Å². The van der Waals surface area contributed by atoms with E-state index in [2.05, 4.69) is 0 Å². The molecule has 0 aliphatic carbocycles. The molecule has 0 fully saturated rings. The van der Waals surface area contributed by atoms with Gasteiger partial charge in [0, 0.05) is 6.66 Å². The van der Waals surface area contributed by atoms with Crippen molar-refractivity contribution in [3.05, 3.63) is 24.3 Å². The van der Waals surface area contributed by atoms with E-state index in [1.807, 2.05) is 24.3 Å². The molecule has 1 aliphatic heterocycles. The molecule has 1 heterocycles. The zero-order valence-corrected chi connectivity index (χ0v) is 10.5. The van der Waals surface area contributed by atoms with E-state index in [9.17, 15) is 4.57 Å². The average Bonchev–Trinajstić information content (AvgIpc) is 2.34. The van der Waals surface area contributed by atoms with Crippen molar-refractivity contribution in [2.75, 3.05) is 33.1 Å². The average molecular weight is 258 g/mol. The number of hydrogen-bond acceptors (Lipinski definition) is 5. The van der Waals surface area contributed by atoms with Gasteiger partial charge in [0.15, 0.2) is 11.5 Å². The second-order valence-electron chi connectivity index (χ2n) is 3.58. The summed E-state index contributed by atoms with van der Waals surface area (Å²) in [5.41, 5.74) is 0. The minimum atomic E-state index is -2.98. The van der Waals surface area contributed by atoms with Crippen molar-refractivity contribution in [2.45, 2.75) is 0 Å². The topological polar surface area (TPSA) is 54.0 Å². The third kappa shape index (κ3) is 3.73. The minimum Gasteiger partial charge on any atom is -0.487 e. The summed E-state index contributed by atoms with van der Waals surface area (Å²) in [4.78, 5) is 0. The van der Waals surface area contributed by atoms with Gasteiger partial charge in [-0.3, -0.25) is 4.57 Å². The third-order valence-corrected chi connectivity index (χ3v) is 3.49. The fourth-order valence-electron chi connectivity index (χ4n) is 1.44. The smallest absolute Gasteiger partial charge is 0.327 e. The van der Waals surface area contributed by atoms with Crippen LogP contribution in [-0.4, -0.2) is 33.1 Å². The Morgan fingerprint density at radius 3 is 1.88 bits per heavy atom. The standard InChI is InChI=1S/C11H15O5P/c1-17(12)15-8-6-13-10-4-2-3-5-11(10)14-7-9-16-17/h2-5H,6-9H2,1H3. The summed E-state index contributed by atoms with van der Waals surface area (Å²) in [7, 11) is -2.98. The highest BCUT2D eigenvalue weighted by Crippen LogP contribution is 2.43. The van der Waals surface area contributed by atoms with Gasteiger partial charge < -0.3 is 18.5 Å². The second-order valence-corrected chi connectivity index (χ2v) is 5.64. The molecule has 0 amide bonds. The number of fused-ring (bicyclic) bond motifs is 1. The van der Waals surface area contributed by atoms with Gasteiger partial charge in [-0.2, -0.15) is 0 Å². The van der Waals surface area contributed by atoms with E-state index in [0.717, 1.165) is 0 Å². The Hall–Kier alpha value is -1.03. The Kier molecular flexibility index (Phi) is 4.05. The molecule has 5 nitrogen and oxygen atoms in total. The molecule has 0 bridgehead atoms. The van der Waals surface area contributed by atoms with E-state index in [0.29, 0.717) is 24.7 Å². The summed E-state index contributed by atoms with van der Waals surface area (Å²) < 4.78 is 32.9. The molecule has 0 N–H and O–H groups in total. The van der Waals surface area contributed by atoms with E-state index in [4.69, 9.17) is 18.5 Å². The van der Waals surface area contributed by atoms with Crippen LogP contribution in [0.5, 0.6) is 11.5 Å². The van der Waals surface area contributed by atoms with Crippen molar-refractivity contribution in [3.63, 3.8) is 0 Å². The zero-order valence-electron chi connectivity index (χ0n) is 9.63. The summed E-state index contributed by atoms with van der Waals surface area (Å²) in [6.45, 7) is 2.51. The highest BCUT2D eigenvalue weighted by Gasteiger charge is 2.18. The van der Waals surface area contributed by atoms with Crippen molar-refractivity contribution >= 4 is 7.60 Å². The van der Waals surface area contributed by atoms with Crippen LogP contribution >= 0.6 is 7.60 Å². The maximum atomic E-state index is 11.7. The monoisotopic (exact) mass is 258 g/mol. The van der Waals surface area contributed by atoms with Gasteiger partial charge in [-0.05, 0) is 12.1 Å². The lowest BCUT2D eigenvalue weighted by Crippen LogP contribution is -2.06. The van der Waals surface area contributed by atoms with Crippen LogP contribution in [0.2, 0.25) is 0 Å². The van der Waals surface area contributed by atoms with E-state index in [1.165, 1.54) is 6.66 Å². The number of ether oxygens (including phenoxy) is 2. The maximum absolute atomic E-state index is 11.7. The third-order valence-electron chi connectivity index (χ3n) is 2.18. The molecule has 1 aromatic rings. The van der Waals surface area contributed by atoms with Crippen LogP contribution in [0.15, 0.2) is 24.3 Å². The Balaban J connectivity index is 2.08. The number of hydrogen-bond donors (Lipinski definition) is 0. The van der Waals surface area contributed by atoms with E-state index >= 15 is 0 Å². The minimum absolute atomic E-state index is 0.224. The molecule has 0 unspecified atom stereocenters. The lowest BCUT2D eigenvalue weighted by molar-refractivity contribution is 0.167. The highest BCUT2D eigenvalue weighted by molar-refractivity contribution is 7.52. The SMILES string of the molecule is CP1(=O)OCCOc2ccccc2OCCO1. The van der Waals surface area contributed by atoms with Gasteiger partial charge in [-0.25, -0.2) is 0 Å². The number of benzene rings is 1. The molecule has 0 radical (unpaired) electrons. The van der Waals surface area contributed by atoms with Gasteiger partial charge in [-0.1, -0.05) is 12.1 Å². The van der Waals surface area contributed by atoms with Crippen molar-refractivity contribution in [1.29, 1.82) is 0 Å². The van der Waals surface area contributed by atoms with Crippen molar-refractivity contribution in [1.82, 2.24) is 0 Å². The molecular weight excluding hydrogens is 243 g/mol. The predicted octanol–water partition coefficient (Wildman–Crippen LogP) is 2.31. The molecule has 2 rings (SSSR count). The normalized spacial score (nSPS) is 20.3. The number of para-hydroxylation sites is 2. The summed E-state index contributed by atoms with van der Waals surface area (Å²) in [5, 5.41) is 0. The van der Waals surface area contributed by atoms with Gasteiger partial charge in [-0.15, -0.1) is 0 Å². The first-order valence-electron chi connectivity index (χ1n) is 5.39. The van der Waals surface area contributed by atoms with Crippen molar-refractivity contribution in [2.24, 2.45) is 0 Å². The maximum Gasteiger partial charge on any atom is 0.327 e. The molecule has 1 aromatic carbocycles. The van der Waals surface area contributed by atoms with Crippen LogP contribution in [-0.2, 0) is 13.6 Å². The fraction of sp³-hybridized carbons (Fsp3) is 0.455. The van der Waals surface area contributed by atoms with Gasteiger partial charge >= 0.3 is 7.60 Å². The quantitative estimate of drug-likeness (QED) is 0.668. The summed E-state index contributed by atoms with van der Waals surface area (Å²) >= 11 is 0. The van der Waals surface area contributed by atoms with Gasteiger partial charge in [0.05, 0.1) is 13.2 Å². The first-order valence-corrected chi connectivity index (χ1v) is 7.38. The molecule has 1 aliphatic rings. The predicted molar refractivity (Wildman–Crippen MR) is 62.9 cm³/mol. The molecule has 0 spiro atoms. The van der Waals surface area contributed by atoms with Gasteiger partial charge in [0.25, 0.3) is 0 Å². The molecule has 0 aromatic heterocycles. The largest absolute Gasteiger partial charge is 0.487 e. The van der Waals surface area contributed by atoms with Crippen LogP contribution < -0.4 is 9.47 Å². The van der Waals surface area contributed by atoms with Crippen LogP contribution in [0.4, 0.5) is 0 Å². The van der Waals surface area contributed by atoms with Gasteiger partial charge in [0.1, 0.15) is 13.2 Å². The first kappa shape index (κ1) is 12.4. The Labute approximate surface area is 100 Å². The zero-order chi connectivity index (χ0) is 12.1. The van der Waals surface area contributed by atoms with Crippen molar-refractivity contribution in [3.8, 4) is 11.5 Å². The first-order chi connectivity index (χ1) is 8.17. The Bertz CT molecular complexity index is 385. The molecule has 0 atom stereocenters. The van der Waals surface area contributed by atoms with Crippen LogP contribution in [0.3, 0.4) is 0 Å². The van der Waals surface area contributed by atoms with E-state index < -0.39 is 7.60 Å². The molecule has 17 heavy (non-hydrogen) atoms.